The van der Waals surface area contributed by atoms with E-state index >= 15 is 0 Å². The molecule has 0 aliphatic carbocycles. The van der Waals surface area contributed by atoms with Crippen LogP contribution in [0.3, 0.4) is 0 Å². The fourth-order valence-corrected chi connectivity index (χ4v) is 2.12. The second kappa shape index (κ2) is 15.9. The molecular weight excluding hydrogens is 300 g/mol. The molecule has 0 saturated carbocycles. The lowest BCUT2D eigenvalue weighted by molar-refractivity contribution is 0.834. The molecule has 2 aromatic rings. The third-order valence-electron chi connectivity index (χ3n) is 3.71. The Morgan fingerprint density at radius 1 is 0.440 bits per heavy atom. The van der Waals surface area contributed by atoms with Crippen LogP contribution in [0.5, 0.6) is 0 Å². The molecule has 0 aliphatic heterocycles. The Morgan fingerprint density at radius 3 is 1.04 bits per heavy atom. The topological polar surface area (TPSA) is 0 Å². The van der Waals surface area contributed by atoms with Crippen LogP contribution in [0.15, 0.2) is 54.6 Å². The molecule has 0 amide bonds. The normalized spacial score (nSPS) is 9.48. The van der Waals surface area contributed by atoms with Gasteiger partial charge in [-0.2, -0.15) is 0 Å². The summed E-state index contributed by atoms with van der Waals surface area (Å²) in [5, 5.41) is 0. The fourth-order valence-electron chi connectivity index (χ4n) is 2.12. The number of hydrogen-bond acceptors (Lipinski definition) is 0. The zero-order chi connectivity index (χ0) is 19.8. The van der Waals surface area contributed by atoms with Gasteiger partial charge in [-0.15, -0.1) is 0 Å². The Balaban J connectivity index is 0. The molecule has 142 valence electrons. The lowest BCUT2D eigenvalue weighted by Gasteiger charge is -2.09. The van der Waals surface area contributed by atoms with E-state index in [1.54, 1.807) is 0 Å². The summed E-state index contributed by atoms with van der Waals surface area (Å²) in [7, 11) is 0. The van der Waals surface area contributed by atoms with Crippen molar-refractivity contribution in [2.45, 2.75) is 87.0 Å². The van der Waals surface area contributed by atoms with Gasteiger partial charge in [0, 0.05) is 0 Å². The molecule has 2 aromatic carbocycles. The summed E-state index contributed by atoms with van der Waals surface area (Å²) in [6, 6.07) is 19.4. The monoisotopic (exact) mass is 342 g/mol. The maximum absolute atomic E-state index is 2.31. The second-order valence-electron chi connectivity index (χ2n) is 6.54. The van der Waals surface area contributed by atoms with Gasteiger partial charge in [-0.25, -0.2) is 0 Å². The molecular formula is C25H42. The van der Waals surface area contributed by atoms with Gasteiger partial charge in [-0.3, -0.25) is 0 Å². The molecule has 0 heteroatoms. The highest BCUT2D eigenvalue weighted by Gasteiger charge is 2.02. The van der Waals surface area contributed by atoms with Gasteiger partial charge in [0.2, 0.25) is 0 Å². The second-order valence-corrected chi connectivity index (χ2v) is 6.54. The van der Waals surface area contributed by atoms with Crippen LogP contribution in [0.2, 0.25) is 0 Å². The smallest absolute Gasteiger partial charge is 0.0219 e. The average molecular weight is 343 g/mol. The summed E-state index contributed by atoms with van der Waals surface area (Å²) < 4.78 is 0. The minimum Gasteiger partial charge on any atom is -0.0683 e. The van der Waals surface area contributed by atoms with Crippen LogP contribution in [-0.4, -0.2) is 0 Å². The fraction of sp³-hybridized carbons (Fsp3) is 0.520. The van der Waals surface area contributed by atoms with E-state index in [4.69, 9.17) is 0 Å². The summed E-state index contributed by atoms with van der Waals surface area (Å²) in [6.45, 7) is 21.3. The van der Waals surface area contributed by atoms with Crippen LogP contribution in [0.1, 0.15) is 104 Å². The SMILES string of the molecule is CC.CC.CC(C)c1cccc(C(C)C)c1.CC(C)c1ccccc1. The van der Waals surface area contributed by atoms with Gasteiger partial charge in [-0.05, 0) is 34.4 Å². The molecule has 0 fully saturated rings. The predicted octanol–water partition coefficient (Wildman–Crippen LogP) is 8.80. The quantitative estimate of drug-likeness (QED) is 0.522. The van der Waals surface area contributed by atoms with Crippen molar-refractivity contribution in [1.29, 1.82) is 0 Å². The molecule has 0 saturated heterocycles. The summed E-state index contributed by atoms with van der Waals surface area (Å²) in [6.07, 6.45) is 0. The molecule has 0 heterocycles. The molecule has 0 aromatic heterocycles. The third kappa shape index (κ3) is 11.6. The maximum Gasteiger partial charge on any atom is -0.0219 e. The Kier molecular flexibility index (Phi) is 16.4. The molecule has 0 bridgehead atoms. The molecule has 0 radical (unpaired) electrons. The summed E-state index contributed by atoms with van der Waals surface area (Å²) >= 11 is 0. The van der Waals surface area contributed by atoms with Crippen molar-refractivity contribution in [3.05, 3.63) is 71.3 Å². The largest absolute Gasteiger partial charge is 0.0683 e. The average Bonchev–Trinajstić information content (AvgIpc) is 2.66. The zero-order valence-electron chi connectivity index (χ0n) is 18.4. The molecule has 0 unspecified atom stereocenters. The van der Waals surface area contributed by atoms with Crippen molar-refractivity contribution in [2.75, 3.05) is 0 Å². The van der Waals surface area contributed by atoms with Gasteiger partial charge in [0.1, 0.15) is 0 Å². The molecule has 0 atom stereocenters. The van der Waals surface area contributed by atoms with E-state index in [1.165, 1.54) is 16.7 Å². The molecule has 0 N–H and O–H groups in total. The van der Waals surface area contributed by atoms with Crippen molar-refractivity contribution in [3.63, 3.8) is 0 Å². The van der Waals surface area contributed by atoms with Crippen LogP contribution in [0.25, 0.3) is 0 Å². The standard InChI is InChI=1S/C12H18.C9H12.2C2H6/c1-9(2)11-6-5-7-12(8-11)10(3)4;1-8(2)9-6-4-3-5-7-9;2*1-2/h5-10H,1-4H3;3-8H,1-2H3;2*1-2H3. The highest BCUT2D eigenvalue weighted by atomic mass is 14.1. The van der Waals surface area contributed by atoms with E-state index in [0.717, 1.165) is 0 Å². The summed E-state index contributed by atoms with van der Waals surface area (Å²) in [4.78, 5) is 0. The van der Waals surface area contributed by atoms with Gasteiger partial charge in [0.15, 0.2) is 0 Å². The molecule has 0 nitrogen and oxygen atoms in total. The van der Waals surface area contributed by atoms with E-state index in [2.05, 4.69) is 90.1 Å². The van der Waals surface area contributed by atoms with Crippen molar-refractivity contribution in [1.82, 2.24) is 0 Å². The predicted molar refractivity (Wildman–Crippen MR) is 118 cm³/mol. The molecule has 0 aliphatic rings. The highest BCUT2D eigenvalue weighted by Crippen LogP contribution is 2.20. The van der Waals surface area contributed by atoms with E-state index < -0.39 is 0 Å². The lowest BCUT2D eigenvalue weighted by Crippen LogP contribution is -1.91. The van der Waals surface area contributed by atoms with E-state index in [-0.39, 0.29) is 0 Å². The first-order valence-corrected chi connectivity index (χ1v) is 10.1. The van der Waals surface area contributed by atoms with E-state index in [9.17, 15) is 0 Å². The molecule has 25 heavy (non-hydrogen) atoms. The minimum absolute atomic E-state index is 0.642. The summed E-state index contributed by atoms with van der Waals surface area (Å²) in [5.41, 5.74) is 4.31. The Hall–Kier alpha value is -1.56. The van der Waals surface area contributed by atoms with Crippen LogP contribution >= 0.6 is 0 Å². The Bertz CT molecular complexity index is 483. The Morgan fingerprint density at radius 2 is 0.760 bits per heavy atom. The maximum atomic E-state index is 2.31. The van der Waals surface area contributed by atoms with Crippen LogP contribution < -0.4 is 0 Å². The first-order chi connectivity index (χ1) is 11.9. The van der Waals surface area contributed by atoms with E-state index in [0.29, 0.717) is 17.8 Å². The zero-order valence-corrected chi connectivity index (χ0v) is 18.4. The third-order valence-corrected chi connectivity index (χ3v) is 3.71. The van der Waals surface area contributed by atoms with Crippen molar-refractivity contribution in [2.24, 2.45) is 0 Å². The van der Waals surface area contributed by atoms with Crippen molar-refractivity contribution in [3.8, 4) is 0 Å². The van der Waals surface area contributed by atoms with Gasteiger partial charge in [0.25, 0.3) is 0 Å². The van der Waals surface area contributed by atoms with Gasteiger partial charge in [-0.1, -0.05) is 124 Å². The Labute approximate surface area is 158 Å². The van der Waals surface area contributed by atoms with E-state index in [1.807, 2.05) is 33.8 Å². The molecule has 2 rings (SSSR count). The van der Waals surface area contributed by atoms with Gasteiger partial charge in [0.05, 0.1) is 0 Å². The van der Waals surface area contributed by atoms with Crippen LogP contribution in [0.4, 0.5) is 0 Å². The van der Waals surface area contributed by atoms with Crippen molar-refractivity contribution < 1.29 is 0 Å². The minimum atomic E-state index is 0.642. The lowest BCUT2D eigenvalue weighted by atomic mass is 9.96. The first kappa shape index (κ1) is 25.7. The number of rotatable bonds is 3. The summed E-state index contributed by atoms with van der Waals surface area (Å²) in [5.74, 6) is 1.94. The first-order valence-electron chi connectivity index (χ1n) is 10.1. The van der Waals surface area contributed by atoms with Gasteiger partial charge < -0.3 is 0 Å². The van der Waals surface area contributed by atoms with Gasteiger partial charge >= 0.3 is 0 Å². The van der Waals surface area contributed by atoms with Crippen molar-refractivity contribution >= 4 is 0 Å². The van der Waals surface area contributed by atoms with Crippen LogP contribution in [0, 0.1) is 0 Å². The van der Waals surface area contributed by atoms with Crippen LogP contribution in [-0.2, 0) is 0 Å². The highest BCUT2D eigenvalue weighted by molar-refractivity contribution is 5.27. The molecule has 0 spiro atoms. The number of benzene rings is 2. The number of hydrogen-bond donors (Lipinski definition) is 0.